The highest BCUT2D eigenvalue weighted by molar-refractivity contribution is 6.45. The van der Waals surface area contributed by atoms with E-state index in [4.69, 9.17) is 9.47 Å². The molecule has 0 atom stereocenters. The molecule has 0 spiro atoms. The van der Waals surface area contributed by atoms with E-state index in [1.54, 1.807) is 13.1 Å². The minimum Gasteiger partial charge on any atom is -0.490 e. The maximum atomic E-state index is 12.6. The van der Waals surface area contributed by atoms with E-state index in [2.05, 4.69) is 10.4 Å². The number of hydrogen-bond donors (Lipinski definition) is 1. The number of hydrogen-bond acceptors (Lipinski definition) is 6. The Kier molecular flexibility index (Phi) is 4.36. The third-order valence-electron chi connectivity index (χ3n) is 4.74. The molecule has 3 heterocycles. The molecule has 1 aromatic rings. The highest BCUT2D eigenvalue weighted by atomic mass is 16.5. The smallest absolute Gasteiger partial charge is 0.242 e. The number of ether oxygens (including phenoxy) is 2. The number of ketones is 1. The van der Waals surface area contributed by atoms with Crippen molar-refractivity contribution in [2.24, 2.45) is 5.10 Å². The summed E-state index contributed by atoms with van der Waals surface area (Å²) in [5.74, 6) is 1.23. The largest absolute Gasteiger partial charge is 0.490 e. The Labute approximate surface area is 151 Å². The van der Waals surface area contributed by atoms with Crippen LogP contribution < -0.4 is 14.8 Å². The van der Waals surface area contributed by atoms with Crippen LogP contribution in [0.5, 0.6) is 11.5 Å². The first-order valence-electron chi connectivity index (χ1n) is 8.88. The monoisotopic (exact) mass is 355 g/mol. The fourth-order valence-corrected chi connectivity index (χ4v) is 3.33. The topological polar surface area (TPSA) is 80.2 Å². The number of benzene rings is 1. The molecular formula is C19H21N3O4. The van der Waals surface area contributed by atoms with E-state index in [1.807, 2.05) is 12.1 Å². The van der Waals surface area contributed by atoms with Crippen LogP contribution in [-0.4, -0.2) is 49.2 Å². The SMILES string of the molecule is CN1N=C(C(=O)/C=C2\NCCc3cc4c(cc32)OCCCO4)CCC1=O. The van der Waals surface area contributed by atoms with Crippen molar-refractivity contribution in [3.8, 4) is 11.5 Å². The summed E-state index contributed by atoms with van der Waals surface area (Å²) >= 11 is 0. The zero-order valence-electron chi connectivity index (χ0n) is 14.7. The standard InChI is InChI=1S/C19H21N3O4/c1-22-19(24)4-3-14(21-22)16(23)11-15-13-10-18-17(25-7-2-8-26-18)9-12(13)5-6-20-15/h9-11,20H,2-8H2,1H3/b15-11-. The van der Waals surface area contributed by atoms with Gasteiger partial charge in [0.2, 0.25) is 11.7 Å². The molecule has 1 amide bonds. The molecule has 1 aromatic carbocycles. The van der Waals surface area contributed by atoms with E-state index in [9.17, 15) is 9.59 Å². The Bertz CT molecular complexity index is 828. The number of nitrogens with zero attached hydrogens (tertiary/aromatic N) is 2. The predicted octanol–water partition coefficient (Wildman–Crippen LogP) is 1.51. The van der Waals surface area contributed by atoms with Gasteiger partial charge in [0.15, 0.2) is 11.5 Å². The van der Waals surface area contributed by atoms with Crippen LogP contribution in [0.1, 0.15) is 30.4 Å². The Morgan fingerprint density at radius 2 is 1.96 bits per heavy atom. The highest BCUT2D eigenvalue weighted by Crippen LogP contribution is 2.36. The van der Waals surface area contributed by atoms with Gasteiger partial charge in [0, 0.05) is 50.2 Å². The molecule has 3 aliphatic heterocycles. The van der Waals surface area contributed by atoms with E-state index in [-0.39, 0.29) is 11.7 Å². The molecule has 7 nitrogen and oxygen atoms in total. The van der Waals surface area contributed by atoms with E-state index < -0.39 is 0 Å². The summed E-state index contributed by atoms with van der Waals surface area (Å²) in [6.07, 6.45) is 3.97. The molecule has 136 valence electrons. The first-order chi connectivity index (χ1) is 12.6. The summed E-state index contributed by atoms with van der Waals surface area (Å²) in [7, 11) is 1.57. The van der Waals surface area contributed by atoms with Crippen LogP contribution >= 0.6 is 0 Å². The van der Waals surface area contributed by atoms with Gasteiger partial charge in [-0.15, -0.1) is 0 Å². The van der Waals surface area contributed by atoms with Gasteiger partial charge in [-0.2, -0.15) is 5.10 Å². The summed E-state index contributed by atoms with van der Waals surface area (Å²) < 4.78 is 11.5. The zero-order valence-corrected chi connectivity index (χ0v) is 14.7. The van der Waals surface area contributed by atoms with Gasteiger partial charge in [0.05, 0.1) is 13.2 Å². The number of allylic oxidation sites excluding steroid dienone is 1. The van der Waals surface area contributed by atoms with Gasteiger partial charge in [-0.1, -0.05) is 0 Å². The number of amides is 1. The van der Waals surface area contributed by atoms with Crippen LogP contribution in [0, 0.1) is 0 Å². The Morgan fingerprint density at radius 3 is 2.73 bits per heavy atom. The molecule has 26 heavy (non-hydrogen) atoms. The quantitative estimate of drug-likeness (QED) is 0.814. The molecule has 0 radical (unpaired) electrons. The Balaban J connectivity index is 1.66. The summed E-state index contributed by atoms with van der Waals surface area (Å²) in [5, 5.41) is 8.64. The van der Waals surface area contributed by atoms with Gasteiger partial charge < -0.3 is 14.8 Å². The second-order valence-electron chi connectivity index (χ2n) is 6.57. The summed E-state index contributed by atoms with van der Waals surface area (Å²) in [6, 6.07) is 3.96. The van der Waals surface area contributed by atoms with Gasteiger partial charge in [0.1, 0.15) is 5.71 Å². The fraction of sp³-hybridized carbons (Fsp3) is 0.421. The maximum Gasteiger partial charge on any atom is 0.242 e. The lowest BCUT2D eigenvalue weighted by molar-refractivity contribution is -0.130. The van der Waals surface area contributed by atoms with Crippen molar-refractivity contribution in [2.75, 3.05) is 26.8 Å². The minimum absolute atomic E-state index is 0.0739. The van der Waals surface area contributed by atoms with Crippen molar-refractivity contribution >= 4 is 23.1 Å². The summed E-state index contributed by atoms with van der Waals surface area (Å²) in [4.78, 5) is 24.2. The first kappa shape index (κ1) is 16.6. The Morgan fingerprint density at radius 1 is 1.19 bits per heavy atom. The minimum atomic E-state index is -0.174. The van der Waals surface area contributed by atoms with Gasteiger partial charge in [-0.05, 0) is 24.1 Å². The third-order valence-corrected chi connectivity index (χ3v) is 4.74. The van der Waals surface area contributed by atoms with Crippen LogP contribution in [-0.2, 0) is 16.0 Å². The lowest BCUT2D eigenvalue weighted by Gasteiger charge is -2.23. The lowest BCUT2D eigenvalue weighted by Crippen LogP contribution is -2.31. The van der Waals surface area contributed by atoms with Crippen LogP contribution in [0.3, 0.4) is 0 Å². The molecule has 0 unspecified atom stereocenters. The molecule has 1 N–H and O–H groups in total. The predicted molar refractivity (Wildman–Crippen MR) is 96.2 cm³/mol. The maximum absolute atomic E-state index is 12.6. The zero-order chi connectivity index (χ0) is 18.1. The number of fused-ring (bicyclic) bond motifs is 2. The second kappa shape index (κ2) is 6.82. The lowest BCUT2D eigenvalue weighted by atomic mass is 9.95. The highest BCUT2D eigenvalue weighted by Gasteiger charge is 2.24. The van der Waals surface area contributed by atoms with Crippen molar-refractivity contribution in [1.29, 1.82) is 0 Å². The number of nitrogens with one attached hydrogen (secondary N) is 1. The average molecular weight is 355 g/mol. The number of carbonyl (C=O) groups excluding carboxylic acids is 2. The number of hydrazone groups is 1. The van der Waals surface area contributed by atoms with Crippen LogP contribution in [0.25, 0.3) is 5.70 Å². The second-order valence-corrected chi connectivity index (χ2v) is 6.57. The normalized spacial score (nSPS) is 20.8. The van der Waals surface area contributed by atoms with Crippen molar-refractivity contribution in [3.05, 3.63) is 29.3 Å². The molecule has 0 aliphatic carbocycles. The van der Waals surface area contributed by atoms with Crippen molar-refractivity contribution in [3.63, 3.8) is 0 Å². The fourth-order valence-electron chi connectivity index (χ4n) is 3.33. The summed E-state index contributed by atoms with van der Waals surface area (Å²) in [5.41, 5.74) is 3.25. The molecule has 3 aliphatic rings. The summed E-state index contributed by atoms with van der Waals surface area (Å²) in [6.45, 7) is 2.02. The molecule has 0 saturated carbocycles. The molecule has 0 saturated heterocycles. The van der Waals surface area contributed by atoms with Crippen molar-refractivity contribution in [1.82, 2.24) is 10.3 Å². The molecule has 4 rings (SSSR count). The van der Waals surface area contributed by atoms with E-state index >= 15 is 0 Å². The van der Waals surface area contributed by atoms with Gasteiger partial charge in [0.25, 0.3) is 0 Å². The van der Waals surface area contributed by atoms with E-state index in [0.29, 0.717) is 37.5 Å². The number of carbonyl (C=O) groups is 2. The molecule has 0 bridgehead atoms. The van der Waals surface area contributed by atoms with E-state index in [1.165, 1.54) is 5.01 Å². The van der Waals surface area contributed by atoms with Crippen LogP contribution in [0.2, 0.25) is 0 Å². The van der Waals surface area contributed by atoms with Crippen molar-refractivity contribution in [2.45, 2.75) is 25.7 Å². The molecular weight excluding hydrogens is 334 g/mol. The van der Waals surface area contributed by atoms with Crippen LogP contribution in [0.4, 0.5) is 0 Å². The van der Waals surface area contributed by atoms with Gasteiger partial charge in [-0.25, -0.2) is 5.01 Å². The first-order valence-corrected chi connectivity index (χ1v) is 8.88. The number of rotatable bonds is 2. The van der Waals surface area contributed by atoms with Gasteiger partial charge >= 0.3 is 0 Å². The third kappa shape index (κ3) is 3.16. The van der Waals surface area contributed by atoms with E-state index in [0.717, 1.165) is 42.0 Å². The molecule has 0 aromatic heterocycles. The average Bonchev–Trinajstić information content (AvgIpc) is 2.87. The van der Waals surface area contributed by atoms with Gasteiger partial charge in [-0.3, -0.25) is 9.59 Å². The van der Waals surface area contributed by atoms with Crippen molar-refractivity contribution < 1.29 is 19.1 Å². The Hall–Kier alpha value is -2.83. The van der Waals surface area contributed by atoms with Crippen LogP contribution in [0.15, 0.2) is 23.3 Å². The molecule has 0 fully saturated rings. The molecule has 7 heteroatoms.